The van der Waals surface area contributed by atoms with Crippen LogP contribution in [-0.2, 0) is 9.53 Å². The van der Waals surface area contributed by atoms with Crippen LogP contribution in [0.5, 0.6) is 0 Å². The molecule has 1 unspecified atom stereocenters. The van der Waals surface area contributed by atoms with E-state index in [9.17, 15) is 14.9 Å². The molecule has 0 saturated carbocycles. The maximum absolute atomic E-state index is 12.7. The summed E-state index contributed by atoms with van der Waals surface area (Å²) >= 11 is 12.8. The van der Waals surface area contributed by atoms with Gasteiger partial charge in [-0.2, -0.15) is 0 Å². The number of ether oxygens (including phenoxy) is 1. The van der Waals surface area contributed by atoms with Gasteiger partial charge in [0, 0.05) is 42.2 Å². The highest BCUT2D eigenvalue weighted by molar-refractivity contribution is 6.62. The molecule has 2 fully saturated rings. The Morgan fingerprint density at radius 3 is 2.43 bits per heavy atom. The van der Waals surface area contributed by atoms with E-state index in [2.05, 4.69) is 4.90 Å². The summed E-state index contributed by atoms with van der Waals surface area (Å²) in [6, 6.07) is 12.8. The molecule has 2 saturated heterocycles. The third kappa shape index (κ3) is 3.09. The number of hydrogen-bond acceptors (Lipinski definition) is 5. The van der Waals surface area contributed by atoms with Crippen LogP contribution >= 0.6 is 23.2 Å². The summed E-state index contributed by atoms with van der Waals surface area (Å²) in [5, 5.41) is 11.4. The van der Waals surface area contributed by atoms with Gasteiger partial charge in [0.2, 0.25) is 4.33 Å². The summed E-state index contributed by atoms with van der Waals surface area (Å²) in [6.45, 7) is 2.37. The van der Waals surface area contributed by atoms with Crippen molar-refractivity contribution in [3.8, 4) is 0 Å². The molecule has 2 aliphatic heterocycles. The van der Waals surface area contributed by atoms with Gasteiger partial charge < -0.3 is 9.64 Å². The molecule has 2 heterocycles. The third-order valence-corrected chi connectivity index (χ3v) is 5.74. The van der Waals surface area contributed by atoms with Crippen LogP contribution < -0.4 is 9.80 Å². The first-order chi connectivity index (χ1) is 13.4. The summed E-state index contributed by atoms with van der Waals surface area (Å²) in [6.07, 6.45) is 0. The van der Waals surface area contributed by atoms with E-state index in [-0.39, 0.29) is 5.69 Å². The van der Waals surface area contributed by atoms with Crippen molar-refractivity contribution in [2.45, 2.75) is 10.4 Å². The molecule has 9 heteroatoms. The highest BCUT2D eigenvalue weighted by Gasteiger charge is 2.61. The minimum Gasteiger partial charge on any atom is -0.378 e. The van der Waals surface area contributed by atoms with Gasteiger partial charge in [-0.15, -0.1) is 0 Å². The minimum atomic E-state index is -1.70. The molecule has 0 radical (unpaired) electrons. The van der Waals surface area contributed by atoms with Crippen molar-refractivity contribution in [2.75, 3.05) is 36.1 Å². The van der Waals surface area contributed by atoms with Gasteiger partial charge in [0.25, 0.3) is 11.6 Å². The van der Waals surface area contributed by atoms with Gasteiger partial charge >= 0.3 is 0 Å². The summed E-state index contributed by atoms with van der Waals surface area (Å²) in [7, 11) is 0. The van der Waals surface area contributed by atoms with Crippen LogP contribution in [0.25, 0.3) is 0 Å². The largest absolute Gasteiger partial charge is 0.378 e. The number of β-lactam (4-membered cyclic amide) rings is 1. The number of nitro benzene ring substituents is 1. The Bertz CT molecular complexity index is 917. The van der Waals surface area contributed by atoms with Crippen molar-refractivity contribution in [3.63, 3.8) is 0 Å². The SMILES string of the molecule is O=C1N(c2ccccc2)C(c2cc([N+](=O)[O-])ccc2N2CCOCC2)C1(Cl)Cl. The van der Waals surface area contributed by atoms with Gasteiger partial charge in [0.1, 0.15) is 6.04 Å². The van der Waals surface area contributed by atoms with Crippen LogP contribution in [0.4, 0.5) is 17.1 Å². The fourth-order valence-electron chi connectivity index (χ4n) is 3.65. The summed E-state index contributed by atoms with van der Waals surface area (Å²) in [5.74, 6) is -0.452. The molecule has 2 aliphatic rings. The molecule has 2 aromatic carbocycles. The molecular weight excluding hydrogens is 405 g/mol. The second-order valence-electron chi connectivity index (χ2n) is 6.64. The second-order valence-corrected chi connectivity index (χ2v) is 8.02. The number of nitrogens with zero attached hydrogens (tertiary/aromatic N) is 3. The van der Waals surface area contributed by atoms with Crippen molar-refractivity contribution in [3.05, 3.63) is 64.2 Å². The van der Waals surface area contributed by atoms with Crippen molar-refractivity contribution in [2.24, 2.45) is 0 Å². The monoisotopic (exact) mass is 421 g/mol. The van der Waals surface area contributed by atoms with E-state index >= 15 is 0 Å². The highest BCUT2D eigenvalue weighted by Crippen LogP contribution is 2.55. The molecule has 1 amide bonds. The van der Waals surface area contributed by atoms with Crippen LogP contribution in [0.2, 0.25) is 0 Å². The highest BCUT2D eigenvalue weighted by atomic mass is 35.5. The van der Waals surface area contributed by atoms with E-state index in [1.165, 1.54) is 17.0 Å². The number of benzene rings is 2. The first-order valence-electron chi connectivity index (χ1n) is 8.79. The summed E-state index contributed by atoms with van der Waals surface area (Å²) in [5.41, 5.74) is 1.86. The van der Waals surface area contributed by atoms with E-state index in [4.69, 9.17) is 27.9 Å². The number of alkyl halides is 2. The first kappa shape index (κ1) is 19.0. The topological polar surface area (TPSA) is 75.9 Å². The van der Waals surface area contributed by atoms with Gasteiger partial charge in [0.05, 0.1) is 18.1 Å². The zero-order valence-electron chi connectivity index (χ0n) is 14.8. The normalized spacial score (nSPS) is 21.4. The summed E-state index contributed by atoms with van der Waals surface area (Å²) < 4.78 is 3.70. The second kappa shape index (κ2) is 7.24. The summed E-state index contributed by atoms with van der Waals surface area (Å²) in [4.78, 5) is 27.1. The number of anilines is 2. The van der Waals surface area contributed by atoms with E-state index in [0.717, 1.165) is 5.69 Å². The van der Waals surface area contributed by atoms with Crippen LogP contribution in [0.3, 0.4) is 0 Å². The number of hydrogen-bond donors (Lipinski definition) is 0. The number of carbonyl (C=O) groups excluding carboxylic acids is 1. The van der Waals surface area contributed by atoms with Gasteiger partial charge in [-0.25, -0.2) is 0 Å². The molecule has 0 aromatic heterocycles. The van der Waals surface area contributed by atoms with Crippen LogP contribution in [0.1, 0.15) is 11.6 Å². The number of morpholine rings is 1. The number of carbonyl (C=O) groups is 1. The standard InChI is InChI=1S/C19H17Cl2N3O4/c20-19(21)17(23(18(19)25)13-4-2-1-3-5-13)15-12-14(24(26)27)6-7-16(15)22-8-10-28-11-9-22/h1-7,12,17H,8-11H2. The lowest BCUT2D eigenvalue weighted by molar-refractivity contribution is -0.384. The van der Waals surface area contributed by atoms with E-state index in [0.29, 0.717) is 37.6 Å². The fraction of sp³-hybridized carbons (Fsp3) is 0.316. The lowest BCUT2D eigenvalue weighted by Crippen LogP contribution is -2.63. The quantitative estimate of drug-likeness (QED) is 0.325. The molecule has 146 valence electrons. The Hall–Kier alpha value is -2.35. The fourth-order valence-corrected chi connectivity index (χ4v) is 4.26. The molecule has 0 bridgehead atoms. The third-order valence-electron chi connectivity index (χ3n) is 5.01. The molecule has 2 aromatic rings. The molecule has 28 heavy (non-hydrogen) atoms. The number of non-ortho nitro benzene ring substituents is 1. The molecule has 4 rings (SSSR count). The predicted molar refractivity (Wildman–Crippen MR) is 107 cm³/mol. The molecule has 7 nitrogen and oxygen atoms in total. The average molecular weight is 422 g/mol. The van der Waals surface area contributed by atoms with E-state index in [1.807, 2.05) is 6.07 Å². The zero-order valence-corrected chi connectivity index (χ0v) is 16.3. The Morgan fingerprint density at radius 2 is 1.79 bits per heavy atom. The number of rotatable bonds is 4. The smallest absolute Gasteiger partial charge is 0.269 e. The first-order valence-corrected chi connectivity index (χ1v) is 9.54. The van der Waals surface area contributed by atoms with E-state index < -0.39 is 21.2 Å². The maximum Gasteiger partial charge on any atom is 0.269 e. The number of amides is 1. The number of nitro groups is 1. The maximum atomic E-state index is 12.7. The van der Waals surface area contributed by atoms with Gasteiger partial charge in [0.15, 0.2) is 0 Å². The van der Waals surface area contributed by atoms with Crippen LogP contribution in [0.15, 0.2) is 48.5 Å². The van der Waals surface area contributed by atoms with Crippen molar-refractivity contribution in [1.29, 1.82) is 0 Å². The lowest BCUT2D eigenvalue weighted by atomic mass is 9.89. The Labute approximate surface area is 171 Å². The molecule has 1 atom stereocenters. The van der Waals surface area contributed by atoms with E-state index in [1.54, 1.807) is 30.3 Å². The van der Waals surface area contributed by atoms with Crippen LogP contribution in [0, 0.1) is 10.1 Å². The zero-order chi connectivity index (χ0) is 19.9. The van der Waals surface area contributed by atoms with Crippen molar-refractivity contribution < 1.29 is 14.5 Å². The minimum absolute atomic E-state index is 0.0801. The Kier molecular flexibility index (Phi) is 4.91. The molecule has 0 spiro atoms. The number of para-hydroxylation sites is 1. The van der Waals surface area contributed by atoms with Gasteiger partial charge in [-0.1, -0.05) is 41.4 Å². The molecule has 0 N–H and O–H groups in total. The lowest BCUT2D eigenvalue weighted by Gasteiger charge is -2.50. The Balaban J connectivity index is 1.83. The van der Waals surface area contributed by atoms with Crippen molar-refractivity contribution in [1.82, 2.24) is 0 Å². The molecular formula is C19H17Cl2N3O4. The predicted octanol–water partition coefficient (Wildman–Crippen LogP) is 3.69. The van der Waals surface area contributed by atoms with Gasteiger partial charge in [-0.05, 0) is 18.2 Å². The molecule has 0 aliphatic carbocycles. The van der Waals surface area contributed by atoms with Gasteiger partial charge in [-0.3, -0.25) is 19.8 Å². The average Bonchev–Trinajstić information content (AvgIpc) is 2.72. The van der Waals surface area contributed by atoms with Crippen LogP contribution in [-0.4, -0.2) is 41.5 Å². The Morgan fingerprint density at radius 1 is 1.11 bits per heavy atom. The van der Waals surface area contributed by atoms with Crippen molar-refractivity contribution >= 4 is 46.2 Å². The number of halogens is 2.